The summed E-state index contributed by atoms with van der Waals surface area (Å²) in [6.45, 7) is 4.25. The lowest BCUT2D eigenvalue weighted by Crippen LogP contribution is -2.18. The van der Waals surface area contributed by atoms with Crippen LogP contribution in [0.4, 0.5) is 0 Å². The van der Waals surface area contributed by atoms with Gasteiger partial charge in [-0.15, -0.1) is 11.6 Å². The van der Waals surface area contributed by atoms with Crippen LogP contribution in [0.5, 0.6) is 0 Å². The molecular formula is C12H18Cl2N2. The van der Waals surface area contributed by atoms with E-state index in [1.54, 1.807) is 0 Å². The van der Waals surface area contributed by atoms with Gasteiger partial charge in [-0.1, -0.05) is 18.5 Å². The molecule has 4 heteroatoms. The van der Waals surface area contributed by atoms with Gasteiger partial charge in [0.05, 0.1) is 16.4 Å². The SMILES string of the molecule is Cc1nn(C)c(CC2(C)CCC(Cl)C2)c1Cl. The Labute approximate surface area is 107 Å². The van der Waals surface area contributed by atoms with Crippen molar-refractivity contribution in [3.8, 4) is 0 Å². The van der Waals surface area contributed by atoms with Crippen LogP contribution in [-0.4, -0.2) is 15.2 Å². The van der Waals surface area contributed by atoms with Crippen molar-refractivity contribution in [1.29, 1.82) is 0 Å². The predicted octanol–water partition coefficient (Wildman–Crippen LogP) is 3.72. The van der Waals surface area contributed by atoms with Gasteiger partial charge in [0.2, 0.25) is 0 Å². The van der Waals surface area contributed by atoms with Gasteiger partial charge in [-0.05, 0) is 38.0 Å². The average molecular weight is 261 g/mol. The fourth-order valence-electron chi connectivity index (χ4n) is 2.68. The summed E-state index contributed by atoms with van der Waals surface area (Å²) in [5.41, 5.74) is 2.35. The Morgan fingerprint density at radius 2 is 2.25 bits per heavy atom. The summed E-state index contributed by atoms with van der Waals surface area (Å²) in [6, 6.07) is 0. The van der Waals surface area contributed by atoms with E-state index in [1.165, 1.54) is 6.42 Å². The molecule has 0 spiro atoms. The molecule has 1 aromatic heterocycles. The number of aryl methyl sites for hydroxylation is 2. The predicted molar refractivity (Wildman–Crippen MR) is 68.3 cm³/mol. The van der Waals surface area contributed by atoms with Gasteiger partial charge >= 0.3 is 0 Å². The maximum Gasteiger partial charge on any atom is 0.0847 e. The Balaban J connectivity index is 2.21. The summed E-state index contributed by atoms with van der Waals surface area (Å²) >= 11 is 12.5. The summed E-state index contributed by atoms with van der Waals surface area (Å²) in [7, 11) is 1.96. The van der Waals surface area contributed by atoms with E-state index in [9.17, 15) is 0 Å². The molecule has 0 radical (unpaired) electrons. The second kappa shape index (κ2) is 4.23. The average Bonchev–Trinajstić information content (AvgIpc) is 2.63. The van der Waals surface area contributed by atoms with Gasteiger partial charge in [0.25, 0.3) is 0 Å². The number of nitrogens with zero attached hydrogens (tertiary/aromatic N) is 2. The second-order valence-electron chi connectivity index (χ2n) is 5.30. The summed E-state index contributed by atoms with van der Waals surface area (Å²) in [5.74, 6) is 0. The van der Waals surface area contributed by atoms with Gasteiger partial charge in [0.15, 0.2) is 0 Å². The standard InChI is InChI=1S/C12H18Cl2N2/c1-8-11(14)10(16(3)15-8)7-12(2)5-4-9(13)6-12/h9H,4-7H2,1-3H3. The molecule has 90 valence electrons. The summed E-state index contributed by atoms with van der Waals surface area (Å²) in [4.78, 5) is 0. The molecule has 0 bridgehead atoms. The lowest BCUT2D eigenvalue weighted by atomic mass is 9.84. The third-order valence-electron chi connectivity index (χ3n) is 3.63. The highest BCUT2D eigenvalue weighted by molar-refractivity contribution is 6.31. The fourth-order valence-corrected chi connectivity index (χ4v) is 3.39. The number of aromatic nitrogens is 2. The largest absolute Gasteiger partial charge is 0.271 e. The third kappa shape index (κ3) is 2.23. The van der Waals surface area contributed by atoms with Crippen molar-refractivity contribution in [3.05, 3.63) is 16.4 Å². The highest BCUT2D eigenvalue weighted by Crippen LogP contribution is 2.43. The van der Waals surface area contributed by atoms with Crippen LogP contribution in [0, 0.1) is 12.3 Å². The lowest BCUT2D eigenvalue weighted by Gasteiger charge is -2.23. The Kier molecular flexibility index (Phi) is 3.24. The van der Waals surface area contributed by atoms with Crippen molar-refractivity contribution in [2.75, 3.05) is 0 Å². The molecule has 0 amide bonds. The minimum atomic E-state index is 0.288. The third-order valence-corrected chi connectivity index (χ3v) is 4.50. The molecule has 1 aliphatic rings. The summed E-state index contributed by atoms with van der Waals surface area (Å²) < 4.78 is 1.91. The van der Waals surface area contributed by atoms with Gasteiger partial charge in [-0.2, -0.15) is 5.10 Å². The number of rotatable bonds is 2. The van der Waals surface area contributed by atoms with Gasteiger partial charge in [-0.3, -0.25) is 4.68 Å². The van der Waals surface area contributed by atoms with Gasteiger partial charge in [0.1, 0.15) is 0 Å². The van der Waals surface area contributed by atoms with Crippen molar-refractivity contribution in [1.82, 2.24) is 9.78 Å². The molecule has 0 aromatic carbocycles. The smallest absolute Gasteiger partial charge is 0.0847 e. The molecule has 0 N–H and O–H groups in total. The molecular weight excluding hydrogens is 243 g/mol. The van der Waals surface area contributed by atoms with E-state index in [1.807, 2.05) is 18.7 Å². The Morgan fingerprint density at radius 1 is 1.56 bits per heavy atom. The quantitative estimate of drug-likeness (QED) is 0.742. The first-order valence-electron chi connectivity index (χ1n) is 5.73. The molecule has 0 aliphatic heterocycles. The van der Waals surface area contributed by atoms with Crippen molar-refractivity contribution < 1.29 is 0 Å². The van der Waals surface area contributed by atoms with Gasteiger partial charge in [0, 0.05) is 12.4 Å². The molecule has 2 nitrogen and oxygen atoms in total. The minimum Gasteiger partial charge on any atom is -0.271 e. The van der Waals surface area contributed by atoms with Crippen LogP contribution in [0.2, 0.25) is 5.02 Å². The van der Waals surface area contributed by atoms with Crippen molar-refractivity contribution >= 4 is 23.2 Å². The van der Waals surface area contributed by atoms with E-state index in [2.05, 4.69) is 12.0 Å². The first-order valence-corrected chi connectivity index (χ1v) is 6.55. The minimum absolute atomic E-state index is 0.288. The molecule has 1 saturated carbocycles. The zero-order chi connectivity index (χ0) is 11.9. The molecule has 16 heavy (non-hydrogen) atoms. The highest BCUT2D eigenvalue weighted by atomic mass is 35.5. The maximum absolute atomic E-state index is 6.27. The number of halogens is 2. The molecule has 2 rings (SSSR count). The van der Waals surface area contributed by atoms with Gasteiger partial charge in [-0.25, -0.2) is 0 Å². The van der Waals surface area contributed by atoms with Crippen LogP contribution in [0.1, 0.15) is 37.6 Å². The monoisotopic (exact) mass is 260 g/mol. The molecule has 1 aliphatic carbocycles. The zero-order valence-corrected chi connectivity index (χ0v) is 11.6. The highest BCUT2D eigenvalue weighted by Gasteiger charge is 2.35. The Bertz CT molecular complexity index is 400. The number of hydrogen-bond acceptors (Lipinski definition) is 1. The topological polar surface area (TPSA) is 17.8 Å². The summed E-state index contributed by atoms with van der Waals surface area (Å²) in [6.07, 6.45) is 4.36. The first kappa shape index (κ1) is 12.3. The molecule has 1 aromatic rings. The van der Waals surface area contributed by atoms with Crippen LogP contribution in [0.3, 0.4) is 0 Å². The van der Waals surface area contributed by atoms with Crippen molar-refractivity contribution in [3.63, 3.8) is 0 Å². The van der Waals surface area contributed by atoms with E-state index >= 15 is 0 Å². The van der Waals surface area contributed by atoms with Crippen LogP contribution in [0.15, 0.2) is 0 Å². The zero-order valence-electron chi connectivity index (χ0n) is 10.1. The maximum atomic E-state index is 6.27. The normalized spacial score (nSPS) is 29.9. The van der Waals surface area contributed by atoms with Crippen LogP contribution >= 0.6 is 23.2 Å². The van der Waals surface area contributed by atoms with Gasteiger partial charge < -0.3 is 0 Å². The molecule has 1 fully saturated rings. The second-order valence-corrected chi connectivity index (χ2v) is 6.29. The first-order chi connectivity index (χ1) is 7.41. The molecule has 2 atom stereocenters. The van der Waals surface area contributed by atoms with Crippen LogP contribution < -0.4 is 0 Å². The molecule has 0 saturated heterocycles. The fraction of sp³-hybridized carbons (Fsp3) is 0.750. The molecule has 1 heterocycles. The van der Waals surface area contributed by atoms with E-state index in [4.69, 9.17) is 23.2 Å². The van der Waals surface area contributed by atoms with E-state index < -0.39 is 0 Å². The lowest BCUT2D eigenvalue weighted by molar-refractivity contribution is 0.326. The number of alkyl halides is 1. The van der Waals surface area contributed by atoms with Crippen molar-refractivity contribution in [2.45, 2.75) is 44.9 Å². The summed E-state index contributed by atoms with van der Waals surface area (Å²) in [5, 5.41) is 5.51. The van der Waals surface area contributed by atoms with E-state index in [0.717, 1.165) is 35.7 Å². The van der Waals surface area contributed by atoms with E-state index in [0.29, 0.717) is 5.38 Å². The Hall–Kier alpha value is -0.210. The van der Waals surface area contributed by atoms with E-state index in [-0.39, 0.29) is 5.41 Å². The van der Waals surface area contributed by atoms with Crippen molar-refractivity contribution in [2.24, 2.45) is 12.5 Å². The molecule has 2 unspecified atom stereocenters. The van der Waals surface area contributed by atoms with Crippen LogP contribution in [0.25, 0.3) is 0 Å². The van der Waals surface area contributed by atoms with Crippen LogP contribution in [-0.2, 0) is 13.5 Å². The number of hydrogen-bond donors (Lipinski definition) is 0. The Morgan fingerprint density at radius 3 is 2.69 bits per heavy atom.